The van der Waals surface area contributed by atoms with Crippen LogP contribution in [0.3, 0.4) is 0 Å². The molecule has 5 heteroatoms. The van der Waals surface area contributed by atoms with Gasteiger partial charge in [-0.1, -0.05) is 60.7 Å². The zero-order valence-electron chi connectivity index (χ0n) is 12.9. The van der Waals surface area contributed by atoms with Gasteiger partial charge in [0.15, 0.2) is 0 Å². The SMILES string of the molecule is O=C(NNCC[C@@H](O)Cc1ccccc1)OCc1ccccc1. The lowest BCUT2D eigenvalue weighted by molar-refractivity contribution is 0.131. The molecule has 0 saturated heterocycles. The third kappa shape index (κ3) is 6.95. The molecule has 23 heavy (non-hydrogen) atoms. The van der Waals surface area contributed by atoms with Crippen molar-refractivity contribution < 1.29 is 14.6 Å². The lowest BCUT2D eigenvalue weighted by Crippen LogP contribution is -2.39. The van der Waals surface area contributed by atoms with E-state index >= 15 is 0 Å². The molecule has 0 aliphatic carbocycles. The molecule has 0 bridgehead atoms. The first-order chi connectivity index (χ1) is 11.2. The Bertz CT molecular complexity index is 575. The largest absolute Gasteiger partial charge is 0.444 e. The number of rotatable bonds is 8. The number of aliphatic hydroxyl groups is 1. The van der Waals surface area contributed by atoms with Crippen molar-refractivity contribution in [3.63, 3.8) is 0 Å². The fourth-order valence-corrected chi connectivity index (χ4v) is 2.12. The zero-order chi connectivity index (χ0) is 16.3. The molecule has 3 N–H and O–H groups in total. The van der Waals surface area contributed by atoms with Gasteiger partial charge in [0.1, 0.15) is 6.61 Å². The number of ether oxygens (including phenoxy) is 1. The molecule has 0 aromatic heterocycles. The molecule has 5 nitrogen and oxygen atoms in total. The Balaban J connectivity index is 1.55. The summed E-state index contributed by atoms with van der Waals surface area (Å²) in [5.41, 5.74) is 7.23. The molecule has 2 rings (SSSR count). The molecule has 0 aliphatic rings. The van der Waals surface area contributed by atoms with Gasteiger partial charge in [-0.2, -0.15) is 0 Å². The normalized spacial score (nSPS) is 11.7. The Morgan fingerprint density at radius 2 is 1.61 bits per heavy atom. The Kier molecular flexibility index (Phi) is 7.10. The van der Waals surface area contributed by atoms with Gasteiger partial charge in [-0.25, -0.2) is 10.2 Å². The van der Waals surface area contributed by atoms with Crippen LogP contribution in [-0.2, 0) is 17.8 Å². The smallest absolute Gasteiger partial charge is 0.421 e. The van der Waals surface area contributed by atoms with Crippen molar-refractivity contribution in [2.75, 3.05) is 6.54 Å². The zero-order valence-corrected chi connectivity index (χ0v) is 12.9. The number of carbonyl (C=O) groups is 1. The maximum absolute atomic E-state index is 11.5. The number of amides is 1. The molecule has 0 radical (unpaired) electrons. The summed E-state index contributed by atoms with van der Waals surface area (Å²) < 4.78 is 5.06. The van der Waals surface area contributed by atoms with Gasteiger partial charge in [0.25, 0.3) is 0 Å². The van der Waals surface area contributed by atoms with Crippen molar-refractivity contribution in [2.45, 2.75) is 25.6 Å². The first-order valence-electron chi connectivity index (χ1n) is 7.65. The summed E-state index contributed by atoms with van der Waals surface area (Å²) in [5.74, 6) is 0. The number of hydrogen-bond acceptors (Lipinski definition) is 4. The summed E-state index contributed by atoms with van der Waals surface area (Å²) >= 11 is 0. The standard InChI is InChI=1S/C18H22N2O3/c21-17(13-15-7-3-1-4-8-15)11-12-19-20-18(22)23-14-16-9-5-2-6-10-16/h1-10,17,19,21H,11-14H2,(H,20,22)/t17-/m1/s1. The monoisotopic (exact) mass is 314 g/mol. The van der Waals surface area contributed by atoms with Crippen LogP contribution in [0.5, 0.6) is 0 Å². The van der Waals surface area contributed by atoms with E-state index in [9.17, 15) is 9.90 Å². The number of carbonyl (C=O) groups excluding carboxylic acids is 1. The Morgan fingerprint density at radius 1 is 1.00 bits per heavy atom. The third-order valence-corrected chi connectivity index (χ3v) is 3.32. The summed E-state index contributed by atoms with van der Waals surface area (Å²) in [6, 6.07) is 19.3. The molecule has 1 amide bonds. The molecule has 2 aromatic carbocycles. The number of hydrogen-bond donors (Lipinski definition) is 3. The van der Waals surface area contributed by atoms with Crippen LogP contribution in [0.1, 0.15) is 17.5 Å². The van der Waals surface area contributed by atoms with Crippen LogP contribution in [0.4, 0.5) is 4.79 Å². The van der Waals surface area contributed by atoms with E-state index in [2.05, 4.69) is 10.9 Å². The molecule has 0 saturated carbocycles. The van der Waals surface area contributed by atoms with Crippen LogP contribution < -0.4 is 10.9 Å². The minimum Gasteiger partial charge on any atom is -0.444 e. The number of benzene rings is 2. The van der Waals surface area contributed by atoms with E-state index in [1.54, 1.807) is 0 Å². The maximum atomic E-state index is 11.5. The second kappa shape index (κ2) is 9.61. The summed E-state index contributed by atoms with van der Waals surface area (Å²) in [6.45, 7) is 0.694. The van der Waals surface area contributed by atoms with Crippen LogP contribution in [-0.4, -0.2) is 23.8 Å². The van der Waals surface area contributed by atoms with Crippen LogP contribution in [0.2, 0.25) is 0 Å². The highest BCUT2D eigenvalue weighted by atomic mass is 16.6. The molecule has 1 atom stereocenters. The van der Waals surface area contributed by atoms with Crippen molar-refractivity contribution in [2.24, 2.45) is 0 Å². The minimum atomic E-state index is -0.536. The second-order valence-corrected chi connectivity index (χ2v) is 5.25. The number of aliphatic hydroxyl groups excluding tert-OH is 1. The Morgan fingerprint density at radius 3 is 2.26 bits per heavy atom. The highest BCUT2D eigenvalue weighted by Gasteiger charge is 2.06. The number of hydrazine groups is 1. The average molecular weight is 314 g/mol. The highest BCUT2D eigenvalue weighted by molar-refractivity contribution is 5.66. The number of nitrogens with one attached hydrogen (secondary N) is 2. The van der Waals surface area contributed by atoms with Crippen molar-refractivity contribution in [1.82, 2.24) is 10.9 Å². The summed E-state index contributed by atoms with van der Waals surface area (Å²) in [4.78, 5) is 11.5. The average Bonchev–Trinajstić information content (AvgIpc) is 2.59. The second-order valence-electron chi connectivity index (χ2n) is 5.25. The molecule has 0 unspecified atom stereocenters. The van der Waals surface area contributed by atoms with E-state index in [-0.39, 0.29) is 6.61 Å². The molecule has 122 valence electrons. The van der Waals surface area contributed by atoms with Gasteiger partial charge in [0.05, 0.1) is 6.10 Å². The van der Waals surface area contributed by atoms with Gasteiger partial charge in [-0.05, 0) is 24.0 Å². The molecular weight excluding hydrogens is 292 g/mol. The fourth-order valence-electron chi connectivity index (χ4n) is 2.12. The van der Waals surface area contributed by atoms with Gasteiger partial charge in [-0.3, -0.25) is 5.43 Å². The molecule has 0 spiro atoms. The van der Waals surface area contributed by atoms with Gasteiger partial charge in [0, 0.05) is 6.54 Å². The maximum Gasteiger partial charge on any atom is 0.421 e. The predicted octanol–water partition coefficient (Wildman–Crippen LogP) is 2.41. The summed E-state index contributed by atoms with van der Waals surface area (Å²) in [5, 5.41) is 9.94. The van der Waals surface area contributed by atoms with Crippen LogP contribution in [0.15, 0.2) is 60.7 Å². The predicted molar refractivity (Wildman–Crippen MR) is 88.5 cm³/mol. The first kappa shape index (κ1) is 17.0. The molecule has 2 aromatic rings. The minimum absolute atomic E-state index is 0.227. The Hall–Kier alpha value is -2.37. The molecule has 0 heterocycles. The fraction of sp³-hybridized carbons (Fsp3) is 0.278. The van der Waals surface area contributed by atoms with Crippen LogP contribution in [0.25, 0.3) is 0 Å². The van der Waals surface area contributed by atoms with E-state index in [1.807, 2.05) is 60.7 Å². The quantitative estimate of drug-likeness (QED) is 0.517. The van der Waals surface area contributed by atoms with Crippen molar-refractivity contribution >= 4 is 6.09 Å². The molecule has 0 fully saturated rings. The van der Waals surface area contributed by atoms with Gasteiger partial charge in [0.2, 0.25) is 0 Å². The summed E-state index contributed by atoms with van der Waals surface area (Å²) in [7, 11) is 0. The van der Waals surface area contributed by atoms with Crippen molar-refractivity contribution in [3.05, 3.63) is 71.8 Å². The lowest BCUT2D eigenvalue weighted by Gasteiger charge is -2.12. The third-order valence-electron chi connectivity index (χ3n) is 3.32. The van der Waals surface area contributed by atoms with Gasteiger partial charge < -0.3 is 9.84 Å². The first-order valence-corrected chi connectivity index (χ1v) is 7.65. The van der Waals surface area contributed by atoms with E-state index in [0.29, 0.717) is 19.4 Å². The van der Waals surface area contributed by atoms with Gasteiger partial charge >= 0.3 is 6.09 Å². The van der Waals surface area contributed by atoms with Crippen molar-refractivity contribution in [1.29, 1.82) is 0 Å². The van der Waals surface area contributed by atoms with Crippen LogP contribution >= 0.6 is 0 Å². The summed E-state index contributed by atoms with van der Waals surface area (Å²) in [6.07, 6.45) is 0.146. The highest BCUT2D eigenvalue weighted by Crippen LogP contribution is 2.05. The van der Waals surface area contributed by atoms with E-state index in [1.165, 1.54) is 0 Å². The molecular formula is C18H22N2O3. The van der Waals surface area contributed by atoms with Crippen LogP contribution in [0, 0.1) is 0 Å². The Labute approximate surface area is 136 Å². The van der Waals surface area contributed by atoms with E-state index in [4.69, 9.17) is 4.74 Å². The topological polar surface area (TPSA) is 70.6 Å². The molecule has 0 aliphatic heterocycles. The van der Waals surface area contributed by atoms with E-state index in [0.717, 1.165) is 11.1 Å². The van der Waals surface area contributed by atoms with Gasteiger partial charge in [-0.15, -0.1) is 0 Å². The lowest BCUT2D eigenvalue weighted by atomic mass is 10.1. The van der Waals surface area contributed by atoms with E-state index < -0.39 is 12.2 Å². The van der Waals surface area contributed by atoms with Crippen molar-refractivity contribution in [3.8, 4) is 0 Å².